The number of methoxy groups -OCH3 is 1. The van der Waals surface area contributed by atoms with Crippen LogP contribution in [0.15, 0.2) is 23.1 Å². The van der Waals surface area contributed by atoms with Gasteiger partial charge in [-0.1, -0.05) is 30.1 Å². The van der Waals surface area contributed by atoms with Crippen LogP contribution in [0.25, 0.3) is 5.70 Å². The highest BCUT2D eigenvalue weighted by Crippen LogP contribution is 2.44. The van der Waals surface area contributed by atoms with Gasteiger partial charge in [-0.25, -0.2) is 5.01 Å². The van der Waals surface area contributed by atoms with Gasteiger partial charge >= 0.3 is 0 Å². The minimum Gasteiger partial charge on any atom is -0.383 e. The normalized spacial score (nSPS) is 19.2. The summed E-state index contributed by atoms with van der Waals surface area (Å²) < 4.78 is 5.56. The van der Waals surface area contributed by atoms with Gasteiger partial charge in [-0.3, -0.25) is 5.01 Å². The summed E-state index contributed by atoms with van der Waals surface area (Å²) in [6.45, 7) is 6.20. The molecule has 1 heterocycles. The summed E-state index contributed by atoms with van der Waals surface area (Å²) in [4.78, 5) is 1.30. The second-order valence-corrected chi connectivity index (χ2v) is 8.73. The van der Waals surface area contributed by atoms with Crippen LogP contribution in [0.4, 0.5) is 0 Å². The number of allylic oxidation sites excluding steroid dienone is 1. The Morgan fingerprint density at radius 2 is 2.12 bits per heavy atom. The van der Waals surface area contributed by atoms with E-state index in [4.69, 9.17) is 27.9 Å². The minimum atomic E-state index is 0.428. The van der Waals surface area contributed by atoms with Crippen LogP contribution in [0.5, 0.6) is 0 Å². The molecule has 1 atom stereocenters. The number of thioether (sulfide) groups is 1. The maximum Gasteiger partial charge on any atom is 0.0846 e. The summed E-state index contributed by atoms with van der Waals surface area (Å²) in [6, 6.07) is 6.21. The van der Waals surface area contributed by atoms with Crippen molar-refractivity contribution in [3.63, 3.8) is 0 Å². The summed E-state index contributed by atoms with van der Waals surface area (Å²) in [5, 5.41) is 6.32. The largest absolute Gasteiger partial charge is 0.383 e. The van der Waals surface area contributed by atoms with Crippen molar-refractivity contribution in [1.82, 2.24) is 10.0 Å². The van der Waals surface area contributed by atoms with Crippen molar-refractivity contribution in [2.24, 2.45) is 5.92 Å². The molecule has 2 aliphatic rings. The van der Waals surface area contributed by atoms with Crippen molar-refractivity contribution >= 4 is 40.7 Å². The average molecular weight is 401 g/mol. The molecule has 1 saturated carbocycles. The Hall–Kier alpha value is -0.390. The van der Waals surface area contributed by atoms with E-state index in [-0.39, 0.29) is 0 Å². The number of benzene rings is 1. The van der Waals surface area contributed by atoms with Crippen molar-refractivity contribution in [2.75, 3.05) is 26.1 Å². The molecule has 1 aliphatic heterocycles. The molecular weight excluding hydrogens is 375 g/mol. The molecule has 1 unspecified atom stereocenters. The Labute approximate surface area is 165 Å². The van der Waals surface area contributed by atoms with Crippen LogP contribution in [0.2, 0.25) is 10.0 Å². The summed E-state index contributed by atoms with van der Waals surface area (Å²) in [6.07, 6.45) is 3.71. The number of halogens is 2. The third kappa shape index (κ3) is 4.30. The van der Waals surface area contributed by atoms with Crippen molar-refractivity contribution in [1.29, 1.82) is 0 Å². The second-order valence-electron chi connectivity index (χ2n) is 6.73. The number of rotatable bonds is 8. The van der Waals surface area contributed by atoms with Gasteiger partial charge in [0.05, 0.1) is 29.2 Å². The standard InChI is InChI=1S/C19H26Cl2N2OS/c1-4-9-22(18(11-24-3)14-5-6-14)23-12-25-13(2)19(23)16-8-7-15(20)10-17(16)21/h7-8,10,14,18H,4-6,9,11-12H2,1-3H3. The fraction of sp³-hybridized carbons (Fsp3) is 0.579. The number of hydrogen-bond acceptors (Lipinski definition) is 4. The highest BCUT2D eigenvalue weighted by molar-refractivity contribution is 8.03. The van der Waals surface area contributed by atoms with E-state index < -0.39 is 0 Å². The van der Waals surface area contributed by atoms with E-state index in [1.54, 1.807) is 7.11 Å². The first-order valence-electron chi connectivity index (χ1n) is 8.89. The third-order valence-corrected chi connectivity index (χ3v) is 6.38. The first-order chi connectivity index (χ1) is 12.1. The Balaban J connectivity index is 1.94. The number of nitrogens with zero attached hydrogens (tertiary/aromatic N) is 2. The highest BCUT2D eigenvalue weighted by atomic mass is 35.5. The second kappa shape index (κ2) is 8.53. The molecule has 0 amide bonds. The molecule has 1 aromatic rings. The Kier molecular flexibility index (Phi) is 6.61. The lowest BCUT2D eigenvalue weighted by atomic mass is 10.1. The van der Waals surface area contributed by atoms with Crippen molar-refractivity contribution in [3.05, 3.63) is 38.7 Å². The van der Waals surface area contributed by atoms with E-state index in [1.807, 2.05) is 30.0 Å². The molecule has 0 radical (unpaired) electrons. The van der Waals surface area contributed by atoms with Gasteiger partial charge < -0.3 is 4.74 Å². The molecule has 6 heteroatoms. The maximum absolute atomic E-state index is 6.54. The average Bonchev–Trinajstić information content (AvgIpc) is 3.35. The zero-order valence-corrected chi connectivity index (χ0v) is 17.4. The number of hydrogen-bond donors (Lipinski definition) is 0. The predicted molar refractivity (Wildman–Crippen MR) is 109 cm³/mol. The molecule has 0 aromatic heterocycles. The molecule has 25 heavy (non-hydrogen) atoms. The van der Waals surface area contributed by atoms with Crippen LogP contribution in [0.3, 0.4) is 0 Å². The Morgan fingerprint density at radius 3 is 2.72 bits per heavy atom. The van der Waals surface area contributed by atoms with Gasteiger partial charge in [-0.2, -0.15) is 0 Å². The van der Waals surface area contributed by atoms with E-state index in [0.29, 0.717) is 16.1 Å². The molecule has 1 aromatic carbocycles. The van der Waals surface area contributed by atoms with Gasteiger partial charge in [0.15, 0.2) is 0 Å². The van der Waals surface area contributed by atoms with Crippen LogP contribution >= 0.6 is 35.0 Å². The first-order valence-corrected chi connectivity index (χ1v) is 10.6. The molecule has 1 fully saturated rings. The molecular formula is C19H26Cl2N2OS. The molecule has 3 rings (SSSR count). The quantitative estimate of drug-likeness (QED) is 0.552. The number of hydrazine groups is 1. The molecule has 138 valence electrons. The molecule has 0 N–H and O–H groups in total. The minimum absolute atomic E-state index is 0.428. The summed E-state index contributed by atoms with van der Waals surface area (Å²) in [5.41, 5.74) is 2.27. The topological polar surface area (TPSA) is 15.7 Å². The van der Waals surface area contributed by atoms with Crippen molar-refractivity contribution in [3.8, 4) is 0 Å². The molecule has 3 nitrogen and oxygen atoms in total. The van der Waals surface area contributed by atoms with Crippen LogP contribution in [-0.4, -0.2) is 42.2 Å². The number of ether oxygens (including phenoxy) is 1. The monoisotopic (exact) mass is 400 g/mol. The van der Waals surface area contributed by atoms with E-state index in [2.05, 4.69) is 23.9 Å². The van der Waals surface area contributed by atoms with Gasteiger partial charge in [0.2, 0.25) is 0 Å². The lowest BCUT2D eigenvalue weighted by Gasteiger charge is -2.40. The van der Waals surface area contributed by atoms with Crippen molar-refractivity contribution in [2.45, 2.75) is 39.2 Å². The van der Waals surface area contributed by atoms with Crippen LogP contribution < -0.4 is 0 Å². The highest BCUT2D eigenvalue weighted by Gasteiger charge is 2.39. The van der Waals surface area contributed by atoms with Crippen molar-refractivity contribution < 1.29 is 4.74 Å². The zero-order valence-electron chi connectivity index (χ0n) is 15.1. The van der Waals surface area contributed by atoms with E-state index in [9.17, 15) is 0 Å². The van der Waals surface area contributed by atoms with E-state index in [1.165, 1.54) is 23.4 Å². The molecule has 0 bridgehead atoms. The van der Waals surface area contributed by atoms with Gasteiger partial charge in [-0.15, -0.1) is 11.8 Å². The fourth-order valence-corrected chi connectivity index (χ4v) is 4.94. The smallest absolute Gasteiger partial charge is 0.0846 e. The van der Waals surface area contributed by atoms with E-state index in [0.717, 1.165) is 36.9 Å². The van der Waals surface area contributed by atoms with Gasteiger partial charge in [0.1, 0.15) is 0 Å². The lowest BCUT2D eigenvalue weighted by molar-refractivity contribution is -0.0342. The predicted octanol–water partition coefficient (Wildman–Crippen LogP) is 5.74. The summed E-state index contributed by atoms with van der Waals surface area (Å²) >= 11 is 14.5. The Bertz CT molecular complexity index is 648. The van der Waals surface area contributed by atoms with Gasteiger partial charge in [-0.05, 0) is 50.3 Å². The lowest BCUT2D eigenvalue weighted by Crippen LogP contribution is -2.50. The zero-order chi connectivity index (χ0) is 18.0. The molecule has 0 spiro atoms. The molecule has 0 saturated heterocycles. The summed E-state index contributed by atoms with van der Waals surface area (Å²) in [7, 11) is 1.80. The van der Waals surface area contributed by atoms with Crippen LogP contribution in [0, 0.1) is 5.92 Å². The third-order valence-electron chi connectivity index (χ3n) is 4.83. The van der Waals surface area contributed by atoms with E-state index >= 15 is 0 Å². The fourth-order valence-electron chi connectivity index (χ4n) is 3.50. The van der Waals surface area contributed by atoms with Gasteiger partial charge in [0, 0.05) is 29.1 Å². The summed E-state index contributed by atoms with van der Waals surface area (Å²) in [5.74, 6) is 1.66. The van der Waals surface area contributed by atoms with Gasteiger partial charge in [0.25, 0.3) is 0 Å². The van der Waals surface area contributed by atoms with Crippen LogP contribution in [-0.2, 0) is 4.74 Å². The Morgan fingerprint density at radius 1 is 1.36 bits per heavy atom. The maximum atomic E-state index is 6.54. The first kappa shape index (κ1) is 19.4. The van der Waals surface area contributed by atoms with Crippen LogP contribution in [0.1, 0.15) is 38.7 Å². The SMILES string of the molecule is CCCN(C(COC)C1CC1)N1CSC(C)=C1c1ccc(Cl)cc1Cl. The molecule has 1 aliphatic carbocycles.